The van der Waals surface area contributed by atoms with Gasteiger partial charge in [-0.25, -0.2) is 0 Å². The van der Waals surface area contributed by atoms with E-state index >= 15 is 0 Å². The van der Waals surface area contributed by atoms with Crippen LogP contribution in [-0.2, 0) is 0 Å². The second-order valence-electron chi connectivity index (χ2n) is 3.45. The smallest absolute Gasteiger partial charge is 0.0558 e. The third-order valence-corrected chi connectivity index (χ3v) is 2.78. The molecule has 0 aromatic carbocycles. The third-order valence-electron chi connectivity index (χ3n) is 2.78. The first-order valence-electron chi connectivity index (χ1n) is 4.66. The highest BCUT2D eigenvalue weighted by Gasteiger charge is 2.27. The van der Waals surface area contributed by atoms with Gasteiger partial charge in [0.2, 0.25) is 0 Å². The molecule has 1 saturated heterocycles. The minimum Gasteiger partial charge on any atom is -0.395 e. The minimum absolute atomic E-state index is 0.306. The Labute approximate surface area is 69.2 Å². The maximum atomic E-state index is 8.82. The largest absolute Gasteiger partial charge is 0.395 e. The SMILES string of the molecule is CCC1CCC(C)N1CCO. The summed E-state index contributed by atoms with van der Waals surface area (Å²) >= 11 is 0. The fourth-order valence-corrected chi connectivity index (χ4v) is 2.08. The maximum absolute atomic E-state index is 8.82. The van der Waals surface area contributed by atoms with Gasteiger partial charge in [-0.1, -0.05) is 6.92 Å². The molecule has 1 aliphatic rings. The summed E-state index contributed by atoms with van der Waals surface area (Å²) in [4.78, 5) is 2.43. The van der Waals surface area contributed by atoms with Gasteiger partial charge in [-0.15, -0.1) is 0 Å². The molecule has 66 valence electrons. The van der Waals surface area contributed by atoms with Gasteiger partial charge in [-0.3, -0.25) is 4.90 Å². The van der Waals surface area contributed by atoms with Gasteiger partial charge in [0, 0.05) is 18.6 Å². The number of hydrogen-bond acceptors (Lipinski definition) is 2. The molecule has 2 nitrogen and oxygen atoms in total. The molecule has 0 radical (unpaired) electrons. The van der Waals surface area contributed by atoms with Crippen LogP contribution in [0.25, 0.3) is 0 Å². The third kappa shape index (κ3) is 1.94. The van der Waals surface area contributed by atoms with Crippen molar-refractivity contribution in [3.05, 3.63) is 0 Å². The molecule has 0 amide bonds. The quantitative estimate of drug-likeness (QED) is 0.666. The Morgan fingerprint density at radius 1 is 1.45 bits per heavy atom. The average molecular weight is 157 g/mol. The van der Waals surface area contributed by atoms with Crippen molar-refractivity contribution in [1.29, 1.82) is 0 Å². The standard InChI is InChI=1S/C9H19NO/c1-3-9-5-4-8(2)10(9)6-7-11/h8-9,11H,3-7H2,1-2H3. The number of hydrogen-bond donors (Lipinski definition) is 1. The first-order valence-corrected chi connectivity index (χ1v) is 4.66. The molecular formula is C9H19NO. The van der Waals surface area contributed by atoms with Crippen LogP contribution in [0.5, 0.6) is 0 Å². The topological polar surface area (TPSA) is 23.5 Å². The Bertz CT molecular complexity index is 116. The van der Waals surface area contributed by atoms with E-state index in [1.807, 2.05) is 0 Å². The van der Waals surface area contributed by atoms with Crippen LogP contribution in [0.2, 0.25) is 0 Å². The highest BCUT2D eigenvalue weighted by atomic mass is 16.3. The van der Waals surface area contributed by atoms with Crippen LogP contribution < -0.4 is 0 Å². The molecule has 1 heterocycles. The highest BCUT2D eigenvalue weighted by Crippen LogP contribution is 2.24. The molecule has 2 atom stereocenters. The summed E-state index contributed by atoms with van der Waals surface area (Å²) in [6.07, 6.45) is 3.85. The van der Waals surface area contributed by atoms with E-state index in [0.29, 0.717) is 12.6 Å². The van der Waals surface area contributed by atoms with Crippen molar-refractivity contribution >= 4 is 0 Å². The minimum atomic E-state index is 0.306. The van der Waals surface area contributed by atoms with Crippen LogP contribution in [0.1, 0.15) is 33.1 Å². The lowest BCUT2D eigenvalue weighted by atomic mass is 10.2. The molecule has 1 fully saturated rings. The number of aliphatic hydroxyl groups excluding tert-OH is 1. The second kappa shape index (κ2) is 4.07. The monoisotopic (exact) mass is 157 g/mol. The fraction of sp³-hybridized carbons (Fsp3) is 1.00. The summed E-state index contributed by atoms with van der Waals surface area (Å²) in [7, 11) is 0. The van der Waals surface area contributed by atoms with E-state index in [1.54, 1.807) is 0 Å². The predicted octanol–water partition coefficient (Wildman–Crippen LogP) is 1.24. The van der Waals surface area contributed by atoms with Crippen molar-refractivity contribution in [3.63, 3.8) is 0 Å². The zero-order chi connectivity index (χ0) is 8.27. The number of β-amino-alcohol motifs (C(OH)–C–C–N with tert-alkyl or cyclic N) is 1. The fourth-order valence-electron chi connectivity index (χ4n) is 2.08. The van der Waals surface area contributed by atoms with E-state index in [4.69, 9.17) is 5.11 Å². The van der Waals surface area contributed by atoms with E-state index in [9.17, 15) is 0 Å². The van der Waals surface area contributed by atoms with Crippen LogP contribution in [0.4, 0.5) is 0 Å². The Morgan fingerprint density at radius 3 is 2.73 bits per heavy atom. The lowest BCUT2D eigenvalue weighted by Crippen LogP contribution is -2.36. The lowest BCUT2D eigenvalue weighted by Gasteiger charge is -2.26. The van der Waals surface area contributed by atoms with E-state index in [1.165, 1.54) is 19.3 Å². The van der Waals surface area contributed by atoms with Gasteiger partial charge in [0.05, 0.1) is 6.61 Å². The predicted molar refractivity (Wildman–Crippen MR) is 46.6 cm³/mol. The number of rotatable bonds is 3. The molecule has 0 aliphatic carbocycles. The van der Waals surface area contributed by atoms with E-state index in [0.717, 1.165) is 12.6 Å². The molecule has 0 aromatic rings. The van der Waals surface area contributed by atoms with Gasteiger partial charge < -0.3 is 5.11 Å². The van der Waals surface area contributed by atoms with Crippen molar-refractivity contribution in [3.8, 4) is 0 Å². The molecule has 11 heavy (non-hydrogen) atoms. The molecule has 0 saturated carbocycles. The van der Waals surface area contributed by atoms with Gasteiger partial charge >= 0.3 is 0 Å². The summed E-state index contributed by atoms with van der Waals surface area (Å²) in [5.41, 5.74) is 0. The molecule has 1 N–H and O–H groups in total. The van der Waals surface area contributed by atoms with Crippen molar-refractivity contribution in [2.75, 3.05) is 13.2 Å². The number of likely N-dealkylation sites (tertiary alicyclic amines) is 1. The molecule has 0 aromatic heterocycles. The second-order valence-corrected chi connectivity index (χ2v) is 3.45. The van der Waals surface area contributed by atoms with Crippen LogP contribution >= 0.6 is 0 Å². The molecule has 0 bridgehead atoms. The molecule has 2 heteroatoms. The zero-order valence-electron chi connectivity index (χ0n) is 7.58. The molecule has 1 rings (SSSR count). The molecule has 0 spiro atoms. The van der Waals surface area contributed by atoms with Crippen molar-refractivity contribution in [2.45, 2.75) is 45.2 Å². The first kappa shape index (κ1) is 9.01. The van der Waals surface area contributed by atoms with Crippen LogP contribution in [0.3, 0.4) is 0 Å². The Morgan fingerprint density at radius 2 is 2.18 bits per heavy atom. The van der Waals surface area contributed by atoms with Gasteiger partial charge in [-0.2, -0.15) is 0 Å². The molecule has 2 unspecified atom stereocenters. The Balaban J connectivity index is 2.42. The lowest BCUT2D eigenvalue weighted by molar-refractivity contribution is 0.150. The maximum Gasteiger partial charge on any atom is 0.0558 e. The normalized spacial score (nSPS) is 33.0. The Kier molecular flexibility index (Phi) is 3.34. The number of aliphatic hydroxyl groups is 1. The Hall–Kier alpha value is -0.0800. The molecule has 1 aliphatic heterocycles. The summed E-state index contributed by atoms with van der Waals surface area (Å²) in [6.45, 7) is 5.65. The average Bonchev–Trinajstić information content (AvgIpc) is 2.34. The number of nitrogens with zero attached hydrogens (tertiary/aromatic N) is 1. The van der Waals surface area contributed by atoms with Crippen LogP contribution in [0, 0.1) is 0 Å². The summed E-state index contributed by atoms with van der Waals surface area (Å²) < 4.78 is 0. The van der Waals surface area contributed by atoms with E-state index in [2.05, 4.69) is 18.7 Å². The van der Waals surface area contributed by atoms with Gasteiger partial charge in [0.1, 0.15) is 0 Å². The summed E-state index contributed by atoms with van der Waals surface area (Å²) in [6, 6.07) is 1.42. The first-order chi connectivity index (χ1) is 5.29. The van der Waals surface area contributed by atoms with Crippen LogP contribution in [0.15, 0.2) is 0 Å². The van der Waals surface area contributed by atoms with E-state index in [-0.39, 0.29) is 0 Å². The highest BCUT2D eigenvalue weighted by molar-refractivity contribution is 4.83. The van der Waals surface area contributed by atoms with Crippen LogP contribution in [-0.4, -0.2) is 35.2 Å². The summed E-state index contributed by atoms with van der Waals surface area (Å²) in [5.74, 6) is 0. The van der Waals surface area contributed by atoms with Crippen molar-refractivity contribution in [1.82, 2.24) is 4.90 Å². The van der Waals surface area contributed by atoms with Crippen molar-refractivity contribution in [2.24, 2.45) is 0 Å². The molecular weight excluding hydrogens is 138 g/mol. The van der Waals surface area contributed by atoms with Gasteiger partial charge in [0.15, 0.2) is 0 Å². The summed E-state index contributed by atoms with van der Waals surface area (Å²) in [5, 5.41) is 8.82. The van der Waals surface area contributed by atoms with Gasteiger partial charge in [-0.05, 0) is 26.2 Å². The van der Waals surface area contributed by atoms with Crippen molar-refractivity contribution < 1.29 is 5.11 Å². The van der Waals surface area contributed by atoms with Gasteiger partial charge in [0.25, 0.3) is 0 Å². The van der Waals surface area contributed by atoms with E-state index < -0.39 is 0 Å². The zero-order valence-corrected chi connectivity index (χ0v) is 7.58.